The molecule has 0 radical (unpaired) electrons. The average molecular weight is 520 g/mol. The van der Waals surface area contributed by atoms with Gasteiger partial charge in [-0.25, -0.2) is 0 Å². The van der Waals surface area contributed by atoms with E-state index >= 15 is 0 Å². The highest BCUT2D eigenvalue weighted by molar-refractivity contribution is 5.99. The number of nitrogens with zero attached hydrogens (tertiary/aromatic N) is 1. The van der Waals surface area contributed by atoms with E-state index in [1.165, 1.54) is 5.56 Å². The largest absolute Gasteiger partial charge is 0.497 e. The molecular formula is C32H38FNO4. The molecule has 1 heterocycles. The Morgan fingerprint density at radius 1 is 0.974 bits per heavy atom. The molecule has 0 aliphatic carbocycles. The minimum Gasteiger partial charge on any atom is -0.497 e. The van der Waals surface area contributed by atoms with E-state index in [0.717, 1.165) is 51.7 Å². The summed E-state index contributed by atoms with van der Waals surface area (Å²) in [5.74, 6) is 0.729. The molecule has 3 aromatic carbocycles. The van der Waals surface area contributed by atoms with Crippen LogP contribution in [0.5, 0.6) is 5.75 Å². The molecule has 6 heteroatoms. The number of aromatic nitrogens is 1. The maximum atomic E-state index is 13.7. The summed E-state index contributed by atoms with van der Waals surface area (Å²) in [4.78, 5) is 4.04. The van der Waals surface area contributed by atoms with Gasteiger partial charge in [-0.05, 0) is 62.9 Å². The van der Waals surface area contributed by atoms with E-state index < -0.39 is 6.29 Å². The highest BCUT2D eigenvalue weighted by atomic mass is 19.3. The predicted molar refractivity (Wildman–Crippen MR) is 150 cm³/mol. The lowest BCUT2D eigenvalue weighted by atomic mass is 9.86. The van der Waals surface area contributed by atoms with Gasteiger partial charge in [0, 0.05) is 29.6 Å². The molecule has 0 bridgehead atoms. The second kappa shape index (κ2) is 12.1. The van der Waals surface area contributed by atoms with Gasteiger partial charge in [-0.15, -0.1) is 0 Å². The lowest BCUT2D eigenvalue weighted by Crippen LogP contribution is -2.11. The maximum absolute atomic E-state index is 13.7. The summed E-state index contributed by atoms with van der Waals surface area (Å²) in [5.41, 5.74) is 5.99. The van der Waals surface area contributed by atoms with E-state index in [0.29, 0.717) is 25.5 Å². The molecule has 0 saturated carbocycles. The molecule has 0 saturated heterocycles. The summed E-state index contributed by atoms with van der Waals surface area (Å²) >= 11 is 0. The van der Waals surface area contributed by atoms with Crippen LogP contribution < -0.4 is 4.74 Å². The molecule has 1 atom stereocenters. The third kappa shape index (κ3) is 6.09. The molecule has 4 rings (SSSR count). The van der Waals surface area contributed by atoms with E-state index in [2.05, 4.69) is 50.8 Å². The number of aliphatic hydroxyl groups is 1. The molecule has 38 heavy (non-hydrogen) atoms. The molecular weight excluding hydrogens is 481 g/mol. The molecule has 0 amide bonds. The number of benzene rings is 3. The Hall–Kier alpha value is -3.19. The Morgan fingerprint density at radius 3 is 2.39 bits per heavy atom. The van der Waals surface area contributed by atoms with Crippen LogP contribution in [0.1, 0.15) is 69.2 Å². The van der Waals surface area contributed by atoms with Crippen molar-refractivity contribution in [2.75, 3.05) is 13.7 Å². The van der Waals surface area contributed by atoms with Crippen LogP contribution in [-0.2, 0) is 28.2 Å². The van der Waals surface area contributed by atoms with Crippen molar-refractivity contribution in [2.45, 2.75) is 65.4 Å². The fraction of sp³-hybridized carbons (Fsp3) is 0.375. The Morgan fingerprint density at radius 2 is 1.74 bits per heavy atom. The molecule has 202 valence electrons. The number of rotatable bonds is 11. The van der Waals surface area contributed by atoms with E-state index in [-0.39, 0.29) is 5.41 Å². The van der Waals surface area contributed by atoms with Gasteiger partial charge in [-0.3, -0.25) is 0 Å². The van der Waals surface area contributed by atoms with Crippen molar-refractivity contribution in [1.29, 1.82) is 0 Å². The van der Waals surface area contributed by atoms with E-state index in [4.69, 9.17) is 9.47 Å². The molecule has 0 fully saturated rings. The summed E-state index contributed by atoms with van der Waals surface area (Å²) in [5, 5.41) is 11.7. The van der Waals surface area contributed by atoms with E-state index in [1.54, 1.807) is 7.11 Å². The zero-order valence-corrected chi connectivity index (χ0v) is 23.0. The second-order valence-corrected chi connectivity index (χ2v) is 10.7. The third-order valence-electron chi connectivity index (χ3n) is 6.91. The first-order chi connectivity index (χ1) is 18.3. The van der Waals surface area contributed by atoms with Gasteiger partial charge in [-0.2, -0.15) is 4.94 Å². The van der Waals surface area contributed by atoms with Crippen LogP contribution in [0.25, 0.3) is 22.0 Å². The Kier molecular flexibility index (Phi) is 8.87. The quantitative estimate of drug-likeness (QED) is 0.162. The molecule has 1 unspecified atom stereocenters. The van der Waals surface area contributed by atoms with Crippen LogP contribution in [0.2, 0.25) is 0 Å². The summed E-state index contributed by atoms with van der Waals surface area (Å²) in [7, 11) is 1.62. The molecule has 0 aliphatic rings. The van der Waals surface area contributed by atoms with Crippen molar-refractivity contribution in [3.05, 3.63) is 89.1 Å². The van der Waals surface area contributed by atoms with Crippen molar-refractivity contribution in [1.82, 2.24) is 4.57 Å². The van der Waals surface area contributed by atoms with Crippen LogP contribution in [0.15, 0.2) is 66.7 Å². The summed E-state index contributed by atoms with van der Waals surface area (Å²) < 4.78 is 26.9. The van der Waals surface area contributed by atoms with Gasteiger partial charge in [0.1, 0.15) is 5.75 Å². The van der Waals surface area contributed by atoms with Crippen molar-refractivity contribution in [3.8, 4) is 16.9 Å². The molecule has 1 aromatic heterocycles. The number of fused-ring (bicyclic) bond motifs is 1. The van der Waals surface area contributed by atoms with Gasteiger partial charge in [-0.1, -0.05) is 76.6 Å². The number of hydrogen-bond acceptors (Lipinski definition) is 4. The van der Waals surface area contributed by atoms with Crippen LogP contribution >= 0.6 is 0 Å². The normalized spacial score (nSPS) is 12.7. The van der Waals surface area contributed by atoms with Gasteiger partial charge in [0.15, 0.2) is 0 Å². The monoisotopic (exact) mass is 519 g/mol. The third-order valence-corrected chi connectivity index (χ3v) is 6.91. The van der Waals surface area contributed by atoms with Crippen molar-refractivity contribution >= 4 is 10.9 Å². The average Bonchev–Trinajstić information content (AvgIpc) is 3.23. The van der Waals surface area contributed by atoms with Crippen LogP contribution in [-0.4, -0.2) is 23.4 Å². The number of unbranched alkanes of at least 4 members (excludes halogenated alkanes) is 1. The van der Waals surface area contributed by atoms with Crippen LogP contribution in [0.3, 0.4) is 0 Å². The summed E-state index contributed by atoms with van der Waals surface area (Å²) in [6.45, 7) is 10.2. The number of aliphatic hydroxyl groups excluding tert-OH is 1. The topological polar surface area (TPSA) is 52.8 Å². The fourth-order valence-corrected chi connectivity index (χ4v) is 4.81. The minimum atomic E-state index is -1.76. The van der Waals surface area contributed by atoms with E-state index in [9.17, 15) is 9.63 Å². The molecule has 0 aliphatic heterocycles. The predicted octanol–water partition coefficient (Wildman–Crippen LogP) is 7.87. The molecule has 1 N–H and O–H groups in total. The second-order valence-electron chi connectivity index (χ2n) is 10.7. The van der Waals surface area contributed by atoms with E-state index in [1.807, 2.05) is 53.1 Å². The maximum Gasteiger partial charge on any atom is 0.236 e. The number of halogens is 1. The highest BCUT2D eigenvalue weighted by Crippen LogP contribution is 2.40. The fourth-order valence-electron chi connectivity index (χ4n) is 4.81. The minimum absolute atomic E-state index is 0.00765. The van der Waals surface area contributed by atoms with Gasteiger partial charge >= 0.3 is 0 Å². The first-order valence-electron chi connectivity index (χ1n) is 13.2. The molecule has 5 nitrogen and oxygen atoms in total. The smallest absolute Gasteiger partial charge is 0.236 e. The Labute approximate surface area is 224 Å². The standard InChI is InChI=1S/C32H38FNO4/c1-6-7-17-37-21-23-11-16-28-27(19-23)29(24-12-14-25(15-13-24)32(2,3)4)30(31(35)38-33)34(28)20-22-9-8-10-26(18-22)36-5/h8-16,18-19,31,35H,6-7,17,20-21H2,1-5H3. The zero-order chi connectivity index (χ0) is 27.3. The van der Waals surface area contributed by atoms with Gasteiger partial charge in [0.2, 0.25) is 6.29 Å². The summed E-state index contributed by atoms with van der Waals surface area (Å²) in [6.07, 6.45) is 0.328. The van der Waals surface area contributed by atoms with Crippen molar-refractivity contribution in [3.63, 3.8) is 0 Å². The Balaban J connectivity index is 1.90. The molecule has 4 aromatic rings. The summed E-state index contributed by atoms with van der Waals surface area (Å²) in [6, 6.07) is 22.1. The lowest BCUT2D eigenvalue weighted by Gasteiger charge is -2.19. The van der Waals surface area contributed by atoms with Crippen molar-refractivity contribution in [2.24, 2.45) is 0 Å². The van der Waals surface area contributed by atoms with Crippen molar-refractivity contribution < 1.29 is 24.0 Å². The van der Waals surface area contributed by atoms with Crippen LogP contribution in [0, 0.1) is 0 Å². The zero-order valence-electron chi connectivity index (χ0n) is 23.0. The van der Waals surface area contributed by atoms with Gasteiger partial charge in [0.25, 0.3) is 0 Å². The van der Waals surface area contributed by atoms with Gasteiger partial charge in [0.05, 0.1) is 19.4 Å². The lowest BCUT2D eigenvalue weighted by molar-refractivity contribution is -0.262. The number of ether oxygens (including phenoxy) is 2. The SMILES string of the molecule is CCCCOCc1ccc2c(c1)c(-c1ccc(C(C)(C)C)cc1)c(C(O)OF)n2Cc1cccc(OC)c1. The molecule has 0 spiro atoms. The first kappa shape index (κ1) is 27.8. The first-order valence-corrected chi connectivity index (χ1v) is 13.2. The van der Waals surface area contributed by atoms with Crippen LogP contribution in [0.4, 0.5) is 4.53 Å². The van der Waals surface area contributed by atoms with Gasteiger partial charge < -0.3 is 19.1 Å². The Bertz CT molecular complexity index is 1350. The highest BCUT2D eigenvalue weighted by Gasteiger charge is 2.26. The number of methoxy groups -OCH3 is 1. The number of hydrogen-bond donors (Lipinski definition) is 1.